The van der Waals surface area contributed by atoms with Crippen molar-refractivity contribution in [1.29, 1.82) is 0 Å². The van der Waals surface area contributed by atoms with Crippen LogP contribution in [-0.4, -0.2) is 15.0 Å². The fourth-order valence-corrected chi connectivity index (χ4v) is 8.82. The van der Waals surface area contributed by atoms with Crippen LogP contribution >= 0.6 is 0 Å². The normalized spacial score (nSPS) is 14.1. The van der Waals surface area contributed by atoms with Crippen molar-refractivity contribution in [2.24, 2.45) is 0 Å². The van der Waals surface area contributed by atoms with Crippen LogP contribution < -0.4 is 0 Å². The summed E-state index contributed by atoms with van der Waals surface area (Å²) in [5.41, 5.74) is 16.3. The van der Waals surface area contributed by atoms with Crippen molar-refractivity contribution in [3.8, 4) is 78.7 Å². The van der Waals surface area contributed by atoms with E-state index in [0.717, 1.165) is 22.3 Å². The van der Waals surface area contributed by atoms with E-state index in [4.69, 9.17) is 15.0 Å². The highest BCUT2D eigenvalue weighted by Gasteiger charge is 2.43. The Balaban J connectivity index is 0.923. The molecular weight excluding hydrogens is 655 g/mol. The van der Waals surface area contributed by atoms with Gasteiger partial charge in [0.15, 0.2) is 17.5 Å². The molecule has 0 aliphatic heterocycles. The summed E-state index contributed by atoms with van der Waals surface area (Å²) in [5, 5.41) is 0. The van der Waals surface area contributed by atoms with Crippen LogP contribution in [0.3, 0.4) is 0 Å². The molecule has 2 aliphatic rings. The molecule has 7 aromatic carbocycles. The predicted molar refractivity (Wildman–Crippen MR) is 222 cm³/mol. The fourth-order valence-electron chi connectivity index (χ4n) is 8.82. The van der Waals surface area contributed by atoms with Crippen molar-refractivity contribution >= 4 is 0 Å². The largest absolute Gasteiger partial charge is 0.208 e. The van der Waals surface area contributed by atoms with Gasteiger partial charge in [0.2, 0.25) is 0 Å². The molecule has 1 fully saturated rings. The summed E-state index contributed by atoms with van der Waals surface area (Å²) < 4.78 is 0. The van der Waals surface area contributed by atoms with Crippen molar-refractivity contribution in [1.82, 2.24) is 15.0 Å². The number of rotatable bonds is 6. The molecule has 2 aliphatic carbocycles. The Bertz CT molecular complexity index is 2550. The Morgan fingerprint density at radius 1 is 0.296 bits per heavy atom. The Hall–Kier alpha value is -6.45. The molecule has 1 heterocycles. The van der Waals surface area contributed by atoms with E-state index in [1.54, 1.807) is 5.56 Å². The molecule has 0 amide bonds. The van der Waals surface area contributed by atoms with Crippen LogP contribution in [0.25, 0.3) is 78.7 Å². The van der Waals surface area contributed by atoms with E-state index >= 15 is 0 Å². The maximum absolute atomic E-state index is 4.91. The van der Waals surface area contributed by atoms with Gasteiger partial charge < -0.3 is 0 Å². The first-order valence-corrected chi connectivity index (χ1v) is 19.1. The van der Waals surface area contributed by atoms with Crippen molar-refractivity contribution < 1.29 is 0 Å². The van der Waals surface area contributed by atoms with Gasteiger partial charge in [-0.2, -0.15) is 0 Å². The topological polar surface area (TPSA) is 38.7 Å². The Morgan fingerprint density at radius 2 is 0.704 bits per heavy atom. The summed E-state index contributed by atoms with van der Waals surface area (Å²) >= 11 is 0. The molecule has 1 aromatic heterocycles. The molecule has 0 atom stereocenters. The van der Waals surface area contributed by atoms with Crippen molar-refractivity contribution in [2.45, 2.75) is 37.5 Å². The summed E-state index contributed by atoms with van der Waals surface area (Å²) in [6.07, 6.45) is 6.51. The highest BCUT2D eigenvalue weighted by Crippen LogP contribution is 2.56. The number of hydrogen-bond acceptors (Lipinski definition) is 3. The van der Waals surface area contributed by atoms with Crippen LogP contribution in [0.1, 0.15) is 43.2 Å². The molecule has 1 spiro atoms. The zero-order valence-electron chi connectivity index (χ0n) is 30.1. The number of fused-ring (bicyclic) bond motifs is 5. The van der Waals surface area contributed by atoms with E-state index in [2.05, 4.69) is 115 Å². The Labute approximate surface area is 317 Å². The molecule has 54 heavy (non-hydrogen) atoms. The maximum atomic E-state index is 4.91. The van der Waals surface area contributed by atoms with Gasteiger partial charge in [0, 0.05) is 22.1 Å². The molecule has 3 heteroatoms. The summed E-state index contributed by atoms with van der Waals surface area (Å²) in [6, 6.07) is 63.0. The summed E-state index contributed by atoms with van der Waals surface area (Å²) in [4.78, 5) is 14.7. The maximum Gasteiger partial charge on any atom is 0.164 e. The van der Waals surface area contributed by atoms with Gasteiger partial charge in [-0.05, 0) is 80.6 Å². The molecule has 3 nitrogen and oxygen atoms in total. The third-order valence-electron chi connectivity index (χ3n) is 11.6. The second kappa shape index (κ2) is 13.5. The van der Waals surface area contributed by atoms with E-state index in [-0.39, 0.29) is 5.41 Å². The second-order valence-electron chi connectivity index (χ2n) is 14.7. The van der Waals surface area contributed by atoms with Crippen LogP contribution in [0, 0.1) is 0 Å². The van der Waals surface area contributed by atoms with Gasteiger partial charge in [0.05, 0.1) is 0 Å². The Kier molecular flexibility index (Phi) is 8.06. The SMILES string of the molecule is c1ccc(-c2nc(-c3ccccc3)nc(-c3ccc(-c4cccc(-c5ccc(-c6ccc7c(c6)-c6ccccc6C76CCCCC6)cc5)c4)cc3)n2)cc1. The Morgan fingerprint density at radius 3 is 1.26 bits per heavy atom. The van der Waals surface area contributed by atoms with Crippen molar-refractivity contribution in [3.63, 3.8) is 0 Å². The van der Waals surface area contributed by atoms with Gasteiger partial charge in [-0.15, -0.1) is 0 Å². The van der Waals surface area contributed by atoms with Crippen molar-refractivity contribution in [3.05, 3.63) is 187 Å². The van der Waals surface area contributed by atoms with Gasteiger partial charge in [-0.25, -0.2) is 15.0 Å². The zero-order chi connectivity index (χ0) is 35.9. The fraction of sp³-hybridized carbons (Fsp3) is 0.118. The number of benzene rings is 7. The van der Waals surface area contributed by atoms with Crippen molar-refractivity contribution in [2.75, 3.05) is 0 Å². The molecule has 0 unspecified atom stereocenters. The quantitative estimate of drug-likeness (QED) is 0.174. The van der Waals surface area contributed by atoms with Gasteiger partial charge in [0.1, 0.15) is 0 Å². The summed E-state index contributed by atoms with van der Waals surface area (Å²) in [7, 11) is 0. The lowest BCUT2D eigenvalue weighted by atomic mass is 9.68. The minimum Gasteiger partial charge on any atom is -0.208 e. The highest BCUT2D eigenvalue weighted by atomic mass is 15.0. The lowest BCUT2D eigenvalue weighted by Gasteiger charge is -2.36. The summed E-state index contributed by atoms with van der Waals surface area (Å²) in [6.45, 7) is 0. The molecule has 0 radical (unpaired) electrons. The predicted octanol–water partition coefficient (Wildman–Crippen LogP) is 13.1. The molecule has 1 saturated carbocycles. The van der Waals surface area contributed by atoms with Gasteiger partial charge in [-0.3, -0.25) is 0 Å². The third-order valence-corrected chi connectivity index (χ3v) is 11.6. The number of nitrogens with zero attached hydrogens (tertiary/aromatic N) is 3. The van der Waals surface area contributed by atoms with Crippen LogP contribution in [0.5, 0.6) is 0 Å². The first kappa shape index (κ1) is 32.2. The average molecular weight is 694 g/mol. The lowest BCUT2D eigenvalue weighted by Crippen LogP contribution is -2.27. The minimum atomic E-state index is 0.197. The standard InChI is InChI=1S/C51H39N3/c1-4-13-38(14-5-1)48-52-49(39-15-6-2-7-16-39)54-50(53-48)40-27-25-36(26-28-40)42-18-12-17-41(33-42)35-21-23-37(24-22-35)43-29-30-47-45(34-43)44-19-8-9-20-46(44)51(47)31-10-3-11-32-51/h1-2,4-9,12-30,33-34H,3,10-11,31-32H2. The first-order chi connectivity index (χ1) is 26.7. The molecule has 8 aromatic rings. The lowest BCUT2D eigenvalue weighted by molar-refractivity contribution is 0.353. The van der Waals surface area contributed by atoms with Crippen LogP contribution in [0.4, 0.5) is 0 Å². The summed E-state index contributed by atoms with van der Waals surface area (Å²) in [5.74, 6) is 1.98. The molecule has 258 valence electrons. The van der Waals surface area contributed by atoms with Crippen LogP contribution in [0.2, 0.25) is 0 Å². The first-order valence-electron chi connectivity index (χ1n) is 19.1. The monoisotopic (exact) mass is 693 g/mol. The smallest absolute Gasteiger partial charge is 0.164 e. The second-order valence-corrected chi connectivity index (χ2v) is 14.7. The molecule has 0 saturated heterocycles. The average Bonchev–Trinajstić information content (AvgIpc) is 3.52. The van der Waals surface area contributed by atoms with E-state index < -0.39 is 0 Å². The van der Waals surface area contributed by atoms with E-state index in [0.29, 0.717) is 17.5 Å². The molecule has 10 rings (SSSR count). The number of aromatic nitrogens is 3. The van der Waals surface area contributed by atoms with Crippen LogP contribution in [-0.2, 0) is 5.41 Å². The highest BCUT2D eigenvalue weighted by molar-refractivity contribution is 5.85. The molecular formula is C51H39N3. The molecule has 0 bridgehead atoms. The van der Waals surface area contributed by atoms with E-state index in [9.17, 15) is 0 Å². The van der Waals surface area contributed by atoms with E-state index in [1.165, 1.54) is 76.6 Å². The minimum absolute atomic E-state index is 0.197. The van der Waals surface area contributed by atoms with Gasteiger partial charge >= 0.3 is 0 Å². The van der Waals surface area contributed by atoms with Gasteiger partial charge in [-0.1, -0.05) is 183 Å². The number of hydrogen-bond donors (Lipinski definition) is 0. The van der Waals surface area contributed by atoms with E-state index in [1.807, 2.05) is 60.7 Å². The van der Waals surface area contributed by atoms with Gasteiger partial charge in [0.25, 0.3) is 0 Å². The molecule has 0 N–H and O–H groups in total. The van der Waals surface area contributed by atoms with Crippen LogP contribution in [0.15, 0.2) is 176 Å². The third kappa shape index (κ3) is 5.74. The zero-order valence-corrected chi connectivity index (χ0v) is 30.1.